The Morgan fingerprint density at radius 2 is 2.44 bits per heavy atom. The van der Waals surface area contributed by atoms with Crippen molar-refractivity contribution in [2.75, 3.05) is 12.9 Å². The lowest BCUT2D eigenvalue weighted by atomic mass is 10.7. The van der Waals surface area contributed by atoms with E-state index in [4.69, 9.17) is 0 Å². The van der Waals surface area contributed by atoms with Gasteiger partial charge in [-0.05, 0) is 17.7 Å². The molecule has 0 unspecified atom stereocenters. The predicted octanol–water partition coefficient (Wildman–Crippen LogP) is 1.43. The molecule has 0 amide bonds. The zero-order chi connectivity index (χ0) is 7.11. The van der Waals surface area contributed by atoms with Crippen LogP contribution in [0.5, 0.6) is 0 Å². The van der Waals surface area contributed by atoms with Crippen molar-refractivity contribution in [2.45, 2.75) is 6.92 Å². The first-order valence-electron chi connectivity index (χ1n) is 2.58. The van der Waals surface area contributed by atoms with Crippen LogP contribution in [0.15, 0.2) is 11.5 Å². The number of rotatable bonds is 3. The number of carbonyl (C=O) groups excluding carboxylic acids is 1. The largest absolute Gasteiger partial charge is 0.462 e. The zero-order valence-corrected chi connectivity index (χ0v) is 6.40. The van der Waals surface area contributed by atoms with Gasteiger partial charge in [-0.1, -0.05) is 0 Å². The van der Waals surface area contributed by atoms with Crippen molar-refractivity contribution in [2.24, 2.45) is 0 Å². The molecule has 0 aromatic rings. The molecule has 0 atom stereocenters. The molecule has 0 bridgehead atoms. The van der Waals surface area contributed by atoms with Crippen molar-refractivity contribution < 1.29 is 9.53 Å². The van der Waals surface area contributed by atoms with Crippen molar-refractivity contribution in [3.05, 3.63) is 11.5 Å². The molecule has 3 heteroatoms. The Morgan fingerprint density at radius 3 is 2.89 bits per heavy atom. The number of carbonyl (C=O) groups is 1. The molecule has 0 aliphatic heterocycles. The smallest absolute Gasteiger partial charge is 0.302 e. The Hall–Kier alpha value is -0.440. The summed E-state index contributed by atoms with van der Waals surface area (Å²) in [5.41, 5.74) is 0. The molecule has 0 aromatic carbocycles. The lowest BCUT2D eigenvalue weighted by Gasteiger charge is -1.92. The summed E-state index contributed by atoms with van der Waals surface area (Å²) in [5, 5.41) is 1.88. The molecule has 0 heterocycles. The maximum absolute atomic E-state index is 10.1. The molecule has 2 nitrogen and oxygen atoms in total. The molecule has 0 spiro atoms. The minimum absolute atomic E-state index is 0.235. The lowest BCUT2D eigenvalue weighted by Crippen LogP contribution is -1.96. The number of esters is 1. The normalized spacial score (nSPS) is 10.0. The maximum atomic E-state index is 10.1. The van der Waals surface area contributed by atoms with E-state index in [1.807, 2.05) is 11.7 Å². The Kier molecular flexibility index (Phi) is 5.41. The molecule has 0 saturated carbocycles. The summed E-state index contributed by atoms with van der Waals surface area (Å²) in [6, 6.07) is 0. The first-order valence-corrected chi connectivity index (χ1v) is 3.87. The molecule has 0 N–H and O–H groups in total. The first kappa shape index (κ1) is 8.56. The van der Waals surface area contributed by atoms with Crippen LogP contribution < -0.4 is 0 Å². The Morgan fingerprint density at radius 1 is 1.78 bits per heavy atom. The van der Waals surface area contributed by atoms with E-state index in [0.717, 1.165) is 0 Å². The summed E-state index contributed by atoms with van der Waals surface area (Å²) >= 11 is 1.58. The topological polar surface area (TPSA) is 26.3 Å². The standard InChI is InChI=1S/C6H10O2S/c1-6(7)8-4-3-5-9-2/h3,5H,4H2,1-2H3. The van der Waals surface area contributed by atoms with Crippen LogP contribution in [-0.4, -0.2) is 18.8 Å². The van der Waals surface area contributed by atoms with Crippen molar-refractivity contribution in [1.82, 2.24) is 0 Å². The molecule has 0 saturated heterocycles. The van der Waals surface area contributed by atoms with E-state index in [9.17, 15) is 4.79 Å². The van der Waals surface area contributed by atoms with Gasteiger partial charge in [-0.2, -0.15) is 0 Å². The van der Waals surface area contributed by atoms with Gasteiger partial charge in [-0.25, -0.2) is 0 Å². The number of thioether (sulfide) groups is 1. The fraction of sp³-hybridized carbons (Fsp3) is 0.500. The highest BCUT2D eigenvalue weighted by molar-refractivity contribution is 8.01. The van der Waals surface area contributed by atoms with Gasteiger partial charge in [0.25, 0.3) is 0 Å². The average Bonchev–Trinajstić information content (AvgIpc) is 1.80. The summed E-state index contributed by atoms with van der Waals surface area (Å²) in [5.74, 6) is -0.235. The van der Waals surface area contributed by atoms with E-state index in [0.29, 0.717) is 6.61 Å². The predicted molar refractivity (Wildman–Crippen MR) is 39.3 cm³/mol. The van der Waals surface area contributed by atoms with Crippen LogP contribution in [0.25, 0.3) is 0 Å². The Bertz CT molecular complexity index is 110. The van der Waals surface area contributed by atoms with Gasteiger partial charge in [-0.3, -0.25) is 4.79 Å². The third-order valence-electron chi connectivity index (χ3n) is 0.615. The van der Waals surface area contributed by atoms with Crippen LogP contribution in [0.1, 0.15) is 6.92 Å². The summed E-state index contributed by atoms with van der Waals surface area (Å²) in [7, 11) is 0. The summed E-state index contributed by atoms with van der Waals surface area (Å²) in [4.78, 5) is 10.1. The highest BCUT2D eigenvalue weighted by atomic mass is 32.2. The second-order valence-electron chi connectivity index (χ2n) is 1.41. The van der Waals surface area contributed by atoms with E-state index < -0.39 is 0 Å². The highest BCUT2D eigenvalue weighted by Crippen LogP contribution is 1.92. The van der Waals surface area contributed by atoms with Gasteiger partial charge in [0.2, 0.25) is 0 Å². The molecule has 0 fully saturated rings. The van der Waals surface area contributed by atoms with Crippen LogP contribution >= 0.6 is 11.8 Å². The van der Waals surface area contributed by atoms with Crippen LogP contribution in [0, 0.1) is 0 Å². The van der Waals surface area contributed by atoms with Gasteiger partial charge >= 0.3 is 5.97 Å². The summed E-state index contributed by atoms with van der Waals surface area (Å²) < 4.78 is 4.60. The van der Waals surface area contributed by atoms with Crippen molar-refractivity contribution in [3.63, 3.8) is 0 Å². The number of hydrogen-bond donors (Lipinski definition) is 0. The fourth-order valence-corrected chi connectivity index (χ4v) is 0.572. The monoisotopic (exact) mass is 146 g/mol. The summed E-state index contributed by atoms with van der Waals surface area (Å²) in [6.45, 7) is 1.78. The van der Waals surface area contributed by atoms with Gasteiger partial charge in [0.15, 0.2) is 0 Å². The fourth-order valence-electron chi connectivity index (χ4n) is 0.301. The van der Waals surface area contributed by atoms with Crippen LogP contribution in [-0.2, 0) is 9.53 Å². The SMILES string of the molecule is CSC=CCOC(C)=O. The first-order chi connectivity index (χ1) is 4.27. The van der Waals surface area contributed by atoms with Gasteiger partial charge < -0.3 is 4.74 Å². The third-order valence-corrected chi connectivity index (χ3v) is 1.08. The molecular formula is C6H10O2S. The molecule has 0 aliphatic carbocycles. The Balaban J connectivity index is 3.09. The van der Waals surface area contributed by atoms with Gasteiger partial charge in [0.05, 0.1) is 0 Å². The van der Waals surface area contributed by atoms with Crippen LogP contribution in [0.2, 0.25) is 0 Å². The maximum Gasteiger partial charge on any atom is 0.302 e. The molecule has 0 rings (SSSR count). The highest BCUT2D eigenvalue weighted by Gasteiger charge is 1.84. The minimum atomic E-state index is -0.235. The second-order valence-corrected chi connectivity index (χ2v) is 2.15. The molecule has 9 heavy (non-hydrogen) atoms. The van der Waals surface area contributed by atoms with E-state index in [1.54, 1.807) is 17.8 Å². The number of hydrogen-bond acceptors (Lipinski definition) is 3. The van der Waals surface area contributed by atoms with E-state index in [-0.39, 0.29) is 5.97 Å². The molecule has 52 valence electrons. The van der Waals surface area contributed by atoms with Crippen LogP contribution in [0.3, 0.4) is 0 Å². The molecular weight excluding hydrogens is 136 g/mol. The van der Waals surface area contributed by atoms with Gasteiger partial charge in [0, 0.05) is 6.92 Å². The van der Waals surface area contributed by atoms with Crippen molar-refractivity contribution >= 4 is 17.7 Å². The van der Waals surface area contributed by atoms with E-state index in [2.05, 4.69) is 4.74 Å². The minimum Gasteiger partial charge on any atom is -0.462 e. The molecule has 0 aromatic heterocycles. The Labute approximate surface area is 59.3 Å². The number of ether oxygens (including phenoxy) is 1. The second kappa shape index (κ2) is 5.69. The lowest BCUT2D eigenvalue weighted by molar-refractivity contribution is -0.139. The third kappa shape index (κ3) is 7.56. The van der Waals surface area contributed by atoms with E-state index >= 15 is 0 Å². The molecule has 0 radical (unpaired) electrons. The quantitative estimate of drug-likeness (QED) is 0.563. The van der Waals surface area contributed by atoms with E-state index in [1.165, 1.54) is 6.92 Å². The van der Waals surface area contributed by atoms with Crippen molar-refractivity contribution in [3.8, 4) is 0 Å². The zero-order valence-electron chi connectivity index (χ0n) is 5.59. The summed E-state index contributed by atoms with van der Waals surface area (Å²) in [6.07, 6.45) is 3.75. The van der Waals surface area contributed by atoms with Crippen molar-refractivity contribution in [1.29, 1.82) is 0 Å². The van der Waals surface area contributed by atoms with Gasteiger partial charge in [-0.15, -0.1) is 11.8 Å². The average molecular weight is 146 g/mol. The molecule has 0 aliphatic rings. The van der Waals surface area contributed by atoms with Gasteiger partial charge in [0.1, 0.15) is 6.61 Å². The van der Waals surface area contributed by atoms with Crippen LogP contribution in [0.4, 0.5) is 0 Å².